The molecular weight excluding hydrogens is 278 g/mol. The van der Waals surface area contributed by atoms with Gasteiger partial charge in [-0.25, -0.2) is 0 Å². The quantitative estimate of drug-likeness (QED) is 0.917. The molecule has 2 saturated heterocycles. The van der Waals surface area contributed by atoms with Crippen LogP contribution in [-0.2, 0) is 4.79 Å². The normalized spacial score (nSPS) is 21.7. The Morgan fingerprint density at radius 2 is 2.23 bits per heavy atom. The van der Waals surface area contributed by atoms with Gasteiger partial charge >= 0.3 is 0 Å². The molecule has 118 valence electrons. The largest absolute Gasteiger partial charge is 0.338 e. The number of anilines is 1. The summed E-state index contributed by atoms with van der Waals surface area (Å²) in [7, 11) is 1.95. The number of benzene rings is 1. The second-order valence-electron chi connectivity index (χ2n) is 6.16. The van der Waals surface area contributed by atoms with Crippen LogP contribution < -0.4 is 10.2 Å². The van der Waals surface area contributed by atoms with E-state index in [0.717, 1.165) is 44.7 Å². The van der Waals surface area contributed by atoms with E-state index in [4.69, 9.17) is 0 Å². The highest BCUT2D eigenvalue weighted by Gasteiger charge is 2.27. The zero-order chi connectivity index (χ0) is 15.5. The summed E-state index contributed by atoms with van der Waals surface area (Å²) in [6.45, 7) is 3.33. The van der Waals surface area contributed by atoms with Crippen LogP contribution >= 0.6 is 0 Å². The van der Waals surface area contributed by atoms with Crippen molar-refractivity contribution in [3.05, 3.63) is 29.8 Å². The van der Waals surface area contributed by atoms with Gasteiger partial charge in [-0.3, -0.25) is 9.59 Å². The van der Waals surface area contributed by atoms with Gasteiger partial charge in [0.2, 0.25) is 5.91 Å². The average Bonchev–Trinajstić information content (AvgIpc) is 3.16. The Bertz CT molecular complexity index is 573. The molecular formula is C17H23N3O2. The van der Waals surface area contributed by atoms with Crippen molar-refractivity contribution in [3.8, 4) is 0 Å². The van der Waals surface area contributed by atoms with Gasteiger partial charge < -0.3 is 15.1 Å². The fourth-order valence-electron chi connectivity index (χ4n) is 3.38. The number of hydrogen-bond acceptors (Lipinski definition) is 3. The van der Waals surface area contributed by atoms with E-state index in [-0.39, 0.29) is 11.8 Å². The fraction of sp³-hybridized carbons (Fsp3) is 0.529. The van der Waals surface area contributed by atoms with E-state index in [9.17, 15) is 9.59 Å². The van der Waals surface area contributed by atoms with Crippen molar-refractivity contribution in [1.82, 2.24) is 10.2 Å². The van der Waals surface area contributed by atoms with Crippen LogP contribution in [0.3, 0.4) is 0 Å². The molecule has 2 aliphatic heterocycles. The van der Waals surface area contributed by atoms with Crippen LogP contribution in [0.25, 0.3) is 0 Å². The van der Waals surface area contributed by atoms with Crippen LogP contribution in [0.4, 0.5) is 5.69 Å². The fourth-order valence-corrected chi connectivity index (χ4v) is 3.38. The first-order valence-electron chi connectivity index (χ1n) is 8.03. The molecule has 5 nitrogen and oxygen atoms in total. The summed E-state index contributed by atoms with van der Waals surface area (Å²) >= 11 is 0. The van der Waals surface area contributed by atoms with Gasteiger partial charge in [-0.2, -0.15) is 0 Å². The zero-order valence-corrected chi connectivity index (χ0v) is 13.0. The first-order chi connectivity index (χ1) is 10.7. The van der Waals surface area contributed by atoms with Crippen LogP contribution in [0.2, 0.25) is 0 Å². The Labute approximate surface area is 131 Å². The topological polar surface area (TPSA) is 52.7 Å². The summed E-state index contributed by atoms with van der Waals surface area (Å²) in [4.78, 5) is 28.2. The molecule has 1 aromatic carbocycles. The molecule has 0 saturated carbocycles. The SMILES string of the molecule is CNCC1CCN(C(=O)c2cccc(N3CCCC3=O)c2)C1. The Hall–Kier alpha value is -1.88. The standard InChI is InChI=1S/C17H23N3O2/c1-18-11-13-7-9-19(12-13)17(22)14-4-2-5-15(10-14)20-8-3-6-16(20)21/h2,4-5,10,13,18H,3,6-9,11-12H2,1H3. The van der Waals surface area contributed by atoms with Crippen molar-refractivity contribution in [2.45, 2.75) is 19.3 Å². The first-order valence-corrected chi connectivity index (χ1v) is 8.03. The average molecular weight is 301 g/mol. The summed E-state index contributed by atoms with van der Waals surface area (Å²) < 4.78 is 0. The van der Waals surface area contributed by atoms with Gasteiger partial charge in [0, 0.05) is 37.3 Å². The number of carbonyl (C=O) groups excluding carboxylic acids is 2. The van der Waals surface area contributed by atoms with E-state index >= 15 is 0 Å². The maximum atomic E-state index is 12.6. The molecule has 2 fully saturated rings. The lowest BCUT2D eigenvalue weighted by atomic mass is 10.1. The number of carbonyl (C=O) groups is 2. The number of rotatable bonds is 4. The Kier molecular flexibility index (Phi) is 4.43. The van der Waals surface area contributed by atoms with Crippen molar-refractivity contribution < 1.29 is 9.59 Å². The lowest BCUT2D eigenvalue weighted by Gasteiger charge is -2.19. The summed E-state index contributed by atoms with van der Waals surface area (Å²) in [5, 5.41) is 3.18. The molecule has 1 N–H and O–H groups in total. The molecule has 2 aliphatic rings. The highest BCUT2D eigenvalue weighted by Crippen LogP contribution is 2.24. The molecule has 0 aromatic heterocycles. The minimum absolute atomic E-state index is 0.0760. The predicted octanol–water partition coefficient (Wildman–Crippen LogP) is 1.49. The Balaban J connectivity index is 1.72. The number of nitrogens with zero attached hydrogens (tertiary/aromatic N) is 2. The van der Waals surface area contributed by atoms with Crippen LogP contribution in [0.5, 0.6) is 0 Å². The highest BCUT2D eigenvalue weighted by molar-refractivity contribution is 5.99. The van der Waals surface area contributed by atoms with E-state index < -0.39 is 0 Å². The van der Waals surface area contributed by atoms with Crippen LogP contribution in [0, 0.1) is 5.92 Å². The molecule has 22 heavy (non-hydrogen) atoms. The summed E-state index contributed by atoms with van der Waals surface area (Å²) in [5.74, 6) is 0.768. The van der Waals surface area contributed by atoms with Crippen molar-refractivity contribution in [3.63, 3.8) is 0 Å². The molecule has 0 spiro atoms. The molecule has 5 heteroatoms. The second kappa shape index (κ2) is 6.48. The Morgan fingerprint density at radius 3 is 2.95 bits per heavy atom. The van der Waals surface area contributed by atoms with Gasteiger partial charge in [-0.15, -0.1) is 0 Å². The maximum absolute atomic E-state index is 12.6. The third-order valence-corrected chi connectivity index (χ3v) is 4.54. The smallest absolute Gasteiger partial charge is 0.253 e. The van der Waals surface area contributed by atoms with Gasteiger partial charge in [0.15, 0.2) is 0 Å². The minimum Gasteiger partial charge on any atom is -0.338 e. The zero-order valence-electron chi connectivity index (χ0n) is 13.0. The monoisotopic (exact) mass is 301 g/mol. The van der Waals surface area contributed by atoms with E-state index in [2.05, 4.69) is 5.32 Å². The summed E-state index contributed by atoms with van der Waals surface area (Å²) in [5.41, 5.74) is 1.53. The van der Waals surface area contributed by atoms with Crippen molar-refractivity contribution >= 4 is 17.5 Å². The lowest BCUT2D eigenvalue weighted by molar-refractivity contribution is -0.117. The van der Waals surface area contributed by atoms with Gasteiger partial charge in [0.25, 0.3) is 5.91 Å². The second-order valence-corrected chi connectivity index (χ2v) is 6.16. The van der Waals surface area contributed by atoms with Crippen LogP contribution in [0.1, 0.15) is 29.6 Å². The molecule has 0 radical (unpaired) electrons. The van der Waals surface area contributed by atoms with Gasteiger partial charge in [0.05, 0.1) is 0 Å². The van der Waals surface area contributed by atoms with E-state index in [1.807, 2.05) is 36.2 Å². The number of amides is 2. The lowest BCUT2D eigenvalue weighted by Crippen LogP contribution is -2.30. The predicted molar refractivity (Wildman–Crippen MR) is 86.0 cm³/mol. The summed E-state index contributed by atoms with van der Waals surface area (Å²) in [6, 6.07) is 7.48. The molecule has 1 atom stereocenters. The molecule has 1 aromatic rings. The summed E-state index contributed by atoms with van der Waals surface area (Å²) in [6.07, 6.45) is 2.56. The highest BCUT2D eigenvalue weighted by atomic mass is 16.2. The molecule has 3 rings (SSSR count). The maximum Gasteiger partial charge on any atom is 0.253 e. The minimum atomic E-state index is 0.0760. The van der Waals surface area contributed by atoms with E-state index in [0.29, 0.717) is 17.9 Å². The van der Waals surface area contributed by atoms with Gasteiger partial charge in [0.1, 0.15) is 0 Å². The molecule has 0 bridgehead atoms. The molecule has 2 heterocycles. The third-order valence-electron chi connectivity index (χ3n) is 4.54. The van der Waals surface area contributed by atoms with Crippen molar-refractivity contribution in [1.29, 1.82) is 0 Å². The molecule has 1 unspecified atom stereocenters. The number of likely N-dealkylation sites (tertiary alicyclic amines) is 1. The third kappa shape index (κ3) is 2.99. The van der Waals surface area contributed by atoms with Crippen LogP contribution in [0.15, 0.2) is 24.3 Å². The number of hydrogen-bond donors (Lipinski definition) is 1. The van der Waals surface area contributed by atoms with E-state index in [1.165, 1.54) is 0 Å². The molecule has 2 amide bonds. The Morgan fingerprint density at radius 1 is 1.36 bits per heavy atom. The van der Waals surface area contributed by atoms with Gasteiger partial charge in [-0.05, 0) is 50.6 Å². The number of nitrogens with one attached hydrogen (secondary N) is 1. The van der Waals surface area contributed by atoms with Crippen molar-refractivity contribution in [2.24, 2.45) is 5.92 Å². The van der Waals surface area contributed by atoms with E-state index in [1.54, 1.807) is 4.90 Å². The van der Waals surface area contributed by atoms with Crippen molar-refractivity contribution in [2.75, 3.05) is 38.1 Å². The van der Waals surface area contributed by atoms with Crippen LogP contribution in [-0.4, -0.2) is 49.9 Å². The molecule has 0 aliphatic carbocycles. The van der Waals surface area contributed by atoms with Gasteiger partial charge in [-0.1, -0.05) is 6.07 Å². The first kappa shape index (κ1) is 15.0.